The van der Waals surface area contributed by atoms with Crippen LogP contribution in [0.3, 0.4) is 0 Å². The largest absolute Gasteiger partial charge is 0.337 e. The van der Waals surface area contributed by atoms with Gasteiger partial charge in [0.1, 0.15) is 0 Å². The number of benzene rings is 1. The Balaban J connectivity index is 1.70. The normalized spacial score (nSPS) is 15.7. The van der Waals surface area contributed by atoms with E-state index in [9.17, 15) is 4.79 Å². The number of amides is 1. The molecule has 0 bridgehead atoms. The minimum Gasteiger partial charge on any atom is -0.337 e. The molecule has 0 unspecified atom stereocenters. The van der Waals surface area contributed by atoms with Crippen LogP contribution in [0.2, 0.25) is 0 Å². The first kappa shape index (κ1) is 15.7. The van der Waals surface area contributed by atoms with E-state index in [-0.39, 0.29) is 11.9 Å². The van der Waals surface area contributed by atoms with Gasteiger partial charge in [0.05, 0.1) is 11.4 Å². The molecule has 1 aliphatic heterocycles. The second-order valence-corrected chi connectivity index (χ2v) is 6.44. The van der Waals surface area contributed by atoms with Gasteiger partial charge in [0.15, 0.2) is 5.69 Å². The van der Waals surface area contributed by atoms with E-state index in [4.69, 9.17) is 5.73 Å². The molecule has 2 N–H and O–H groups in total. The molecule has 2 aromatic heterocycles. The molecule has 1 aromatic carbocycles. The highest BCUT2D eigenvalue weighted by Crippen LogP contribution is 2.23. The number of nitrogens with zero attached hydrogens (tertiary/aromatic N) is 5. The van der Waals surface area contributed by atoms with Gasteiger partial charge >= 0.3 is 0 Å². The standard InChI is InChI=1S/C18H20N6O/c1-12-17(18(25)23-9-6-14(19)7-10-23)21-22-24(12)16-4-2-3-13-11-20-8-5-15(13)16/h2-5,8,11,14H,6-7,9-10,19H2,1H3. The van der Waals surface area contributed by atoms with Gasteiger partial charge < -0.3 is 10.6 Å². The second-order valence-electron chi connectivity index (χ2n) is 6.44. The van der Waals surface area contributed by atoms with Crippen molar-refractivity contribution in [1.29, 1.82) is 0 Å². The Hall–Kier alpha value is -2.80. The van der Waals surface area contributed by atoms with E-state index >= 15 is 0 Å². The van der Waals surface area contributed by atoms with Crippen molar-refractivity contribution in [2.24, 2.45) is 5.73 Å². The zero-order valence-corrected chi connectivity index (χ0v) is 14.1. The van der Waals surface area contributed by atoms with Crippen molar-refractivity contribution in [3.8, 4) is 5.69 Å². The van der Waals surface area contributed by atoms with Gasteiger partial charge in [-0.15, -0.1) is 5.10 Å². The van der Waals surface area contributed by atoms with Crippen molar-refractivity contribution in [2.75, 3.05) is 13.1 Å². The molecule has 7 nitrogen and oxygen atoms in total. The molecular formula is C18H20N6O. The summed E-state index contributed by atoms with van der Waals surface area (Å²) >= 11 is 0. The Kier molecular flexibility index (Phi) is 3.93. The summed E-state index contributed by atoms with van der Waals surface area (Å²) in [6.45, 7) is 3.22. The monoisotopic (exact) mass is 336 g/mol. The predicted octanol–water partition coefficient (Wildman–Crippen LogP) is 1.69. The van der Waals surface area contributed by atoms with Crippen LogP contribution < -0.4 is 5.73 Å². The first-order valence-electron chi connectivity index (χ1n) is 8.45. The molecule has 1 aliphatic rings. The average Bonchev–Trinajstić information content (AvgIpc) is 3.02. The second kappa shape index (κ2) is 6.25. The maximum absolute atomic E-state index is 12.8. The minimum atomic E-state index is -0.0717. The molecule has 1 amide bonds. The SMILES string of the molecule is Cc1c(C(=O)N2CCC(N)CC2)nnn1-c1cccc2cnccc12. The van der Waals surface area contributed by atoms with Crippen LogP contribution >= 0.6 is 0 Å². The highest BCUT2D eigenvalue weighted by Gasteiger charge is 2.26. The van der Waals surface area contributed by atoms with Gasteiger partial charge in [-0.2, -0.15) is 0 Å². The van der Waals surface area contributed by atoms with Gasteiger partial charge in [-0.1, -0.05) is 17.3 Å². The number of rotatable bonds is 2. The van der Waals surface area contributed by atoms with Gasteiger partial charge in [0.2, 0.25) is 0 Å². The number of hydrogen-bond donors (Lipinski definition) is 1. The molecule has 0 radical (unpaired) electrons. The lowest BCUT2D eigenvalue weighted by Crippen LogP contribution is -2.43. The lowest BCUT2D eigenvalue weighted by atomic mass is 10.1. The highest BCUT2D eigenvalue weighted by atomic mass is 16.2. The van der Waals surface area contributed by atoms with Crippen LogP contribution in [0.1, 0.15) is 29.0 Å². The van der Waals surface area contributed by atoms with Crippen molar-refractivity contribution in [3.63, 3.8) is 0 Å². The number of piperidine rings is 1. The molecule has 25 heavy (non-hydrogen) atoms. The summed E-state index contributed by atoms with van der Waals surface area (Å²) in [5.41, 5.74) is 7.96. The third kappa shape index (κ3) is 2.76. The van der Waals surface area contributed by atoms with Crippen LogP contribution in [0.15, 0.2) is 36.7 Å². The summed E-state index contributed by atoms with van der Waals surface area (Å²) in [5.74, 6) is -0.0717. The average molecular weight is 336 g/mol. The van der Waals surface area contributed by atoms with E-state index in [2.05, 4.69) is 15.3 Å². The number of fused-ring (bicyclic) bond motifs is 1. The van der Waals surface area contributed by atoms with Gasteiger partial charge in [-0.05, 0) is 31.9 Å². The highest BCUT2D eigenvalue weighted by molar-refractivity contribution is 5.94. The molecule has 7 heteroatoms. The van der Waals surface area contributed by atoms with E-state index in [1.165, 1.54) is 0 Å². The van der Waals surface area contributed by atoms with Crippen molar-refractivity contribution in [1.82, 2.24) is 24.9 Å². The summed E-state index contributed by atoms with van der Waals surface area (Å²) in [6.07, 6.45) is 5.22. The molecule has 0 spiro atoms. The summed E-state index contributed by atoms with van der Waals surface area (Å²) in [7, 11) is 0. The van der Waals surface area contributed by atoms with E-state index in [1.807, 2.05) is 42.3 Å². The summed E-state index contributed by atoms with van der Waals surface area (Å²) in [4.78, 5) is 18.8. The Labute approximate surface area is 145 Å². The number of nitrogens with two attached hydrogens (primary N) is 1. The quantitative estimate of drug-likeness (QED) is 0.769. The molecule has 1 saturated heterocycles. The fourth-order valence-electron chi connectivity index (χ4n) is 3.30. The van der Waals surface area contributed by atoms with Crippen LogP contribution in [0.25, 0.3) is 16.5 Å². The van der Waals surface area contributed by atoms with Crippen LogP contribution in [-0.4, -0.2) is 49.9 Å². The Morgan fingerprint density at radius 3 is 2.84 bits per heavy atom. The predicted molar refractivity (Wildman–Crippen MR) is 94.5 cm³/mol. The lowest BCUT2D eigenvalue weighted by molar-refractivity contribution is 0.0708. The van der Waals surface area contributed by atoms with Crippen molar-refractivity contribution in [3.05, 3.63) is 48.0 Å². The molecular weight excluding hydrogens is 316 g/mol. The maximum Gasteiger partial charge on any atom is 0.276 e. The Morgan fingerprint density at radius 1 is 1.24 bits per heavy atom. The Bertz CT molecular complexity index is 921. The van der Waals surface area contributed by atoms with Crippen LogP contribution in [0.5, 0.6) is 0 Å². The van der Waals surface area contributed by atoms with Gasteiger partial charge in [0, 0.05) is 42.3 Å². The summed E-state index contributed by atoms with van der Waals surface area (Å²) < 4.78 is 1.73. The molecule has 0 atom stereocenters. The number of aromatic nitrogens is 4. The van der Waals surface area contributed by atoms with Crippen molar-refractivity contribution >= 4 is 16.7 Å². The van der Waals surface area contributed by atoms with Crippen LogP contribution in [0.4, 0.5) is 0 Å². The fourth-order valence-corrected chi connectivity index (χ4v) is 3.30. The fraction of sp³-hybridized carbons (Fsp3) is 0.333. The zero-order chi connectivity index (χ0) is 17.4. The van der Waals surface area contributed by atoms with Crippen molar-refractivity contribution in [2.45, 2.75) is 25.8 Å². The van der Waals surface area contributed by atoms with Crippen LogP contribution in [-0.2, 0) is 0 Å². The Morgan fingerprint density at radius 2 is 2.04 bits per heavy atom. The molecule has 4 rings (SSSR count). The van der Waals surface area contributed by atoms with E-state index in [1.54, 1.807) is 10.9 Å². The van der Waals surface area contributed by atoms with Gasteiger partial charge in [-0.3, -0.25) is 9.78 Å². The molecule has 3 aromatic rings. The van der Waals surface area contributed by atoms with Gasteiger partial charge in [-0.25, -0.2) is 4.68 Å². The first-order chi connectivity index (χ1) is 12.1. The smallest absolute Gasteiger partial charge is 0.276 e. The number of likely N-dealkylation sites (tertiary alicyclic amines) is 1. The summed E-state index contributed by atoms with van der Waals surface area (Å²) in [6, 6.07) is 8.05. The third-order valence-electron chi connectivity index (χ3n) is 4.81. The van der Waals surface area contributed by atoms with Crippen LogP contribution in [0, 0.1) is 6.92 Å². The topological polar surface area (TPSA) is 89.9 Å². The molecule has 3 heterocycles. The summed E-state index contributed by atoms with van der Waals surface area (Å²) in [5, 5.41) is 10.5. The number of carbonyl (C=O) groups excluding carboxylic acids is 1. The maximum atomic E-state index is 12.8. The number of pyridine rings is 1. The number of hydrogen-bond acceptors (Lipinski definition) is 5. The van der Waals surface area contributed by atoms with E-state index < -0.39 is 0 Å². The molecule has 128 valence electrons. The zero-order valence-electron chi connectivity index (χ0n) is 14.1. The number of carbonyl (C=O) groups is 1. The first-order valence-corrected chi connectivity index (χ1v) is 8.45. The van der Waals surface area contributed by atoms with E-state index in [0.717, 1.165) is 35.0 Å². The minimum absolute atomic E-state index is 0.0717. The molecule has 0 aliphatic carbocycles. The molecule has 1 fully saturated rings. The molecule has 0 saturated carbocycles. The third-order valence-corrected chi connectivity index (χ3v) is 4.81. The van der Waals surface area contributed by atoms with E-state index in [0.29, 0.717) is 18.8 Å². The van der Waals surface area contributed by atoms with Gasteiger partial charge in [0.25, 0.3) is 5.91 Å². The lowest BCUT2D eigenvalue weighted by Gasteiger charge is -2.29. The van der Waals surface area contributed by atoms with Crippen molar-refractivity contribution < 1.29 is 4.79 Å².